The van der Waals surface area contributed by atoms with Crippen LogP contribution >= 0.6 is 0 Å². The van der Waals surface area contributed by atoms with E-state index in [-0.39, 0.29) is 10.5 Å². The van der Waals surface area contributed by atoms with Gasteiger partial charge in [0.15, 0.2) is 0 Å². The lowest BCUT2D eigenvalue weighted by atomic mass is 10.1. The summed E-state index contributed by atoms with van der Waals surface area (Å²) in [6.45, 7) is 2.09. The van der Waals surface area contributed by atoms with Crippen molar-refractivity contribution in [1.29, 1.82) is 0 Å². The third-order valence-corrected chi connectivity index (χ3v) is 4.55. The number of carbonyl (C=O) groups excluding carboxylic acids is 1. The number of sulfonamides is 1. The Morgan fingerprint density at radius 2 is 1.82 bits per heavy atom. The molecule has 22 heavy (non-hydrogen) atoms. The maximum atomic E-state index is 12.3. The lowest BCUT2D eigenvalue weighted by Gasteiger charge is -2.09. The molecule has 0 spiro atoms. The number of anilines is 1. The smallest absolute Gasteiger partial charge is 0.261 e. The van der Waals surface area contributed by atoms with Crippen molar-refractivity contribution in [3.8, 4) is 0 Å². The second kappa shape index (κ2) is 6.62. The molecule has 116 valence electrons. The molecule has 5 nitrogen and oxygen atoms in total. The standard InChI is InChI=1S/C16H18N2O3S/c1-2-4-12-7-9-14(10-8-12)18-22(20,21)15-6-3-5-13(11-15)16(17)19/h3,5-11,18H,2,4H2,1H3,(H2,17,19). The van der Waals surface area contributed by atoms with Crippen LogP contribution in [0.5, 0.6) is 0 Å². The first kappa shape index (κ1) is 16.0. The number of nitrogens with two attached hydrogens (primary N) is 1. The molecule has 0 aliphatic heterocycles. The third kappa shape index (κ3) is 3.85. The molecule has 3 N–H and O–H groups in total. The third-order valence-electron chi connectivity index (χ3n) is 3.17. The van der Waals surface area contributed by atoms with Crippen LogP contribution in [0.3, 0.4) is 0 Å². The zero-order valence-electron chi connectivity index (χ0n) is 12.2. The first-order chi connectivity index (χ1) is 10.4. The first-order valence-electron chi connectivity index (χ1n) is 6.94. The highest BCUT2D eigenvalue weighted by atomic mass is 32.2. The Kier molecular flexibility index (Phi) is 4.82. The van der Waals surface area contributed by atoms with E-state index in [9.17, 15) is 13.2 Å². The van der Waals surface area contributed by atoms with Gasteiger partial charge in [-0.1, -0.05) is 31.5 Å². The van der Waals surface area contributed by atoms with Crippen molar-refractivity contribution in [3.63, 3.8) is 0 Å². The molecule has 2 aromatic carbocycles. The van der Waals surface area contributed by atoms with Gasteiger partial charge in [-0.15, -0.1) is 0 Å². The molecule has 1 amide bonds. The minimum atomic E-state index is -3.75. The summed E-state index contributed by atoms with van der Waals surface area (Å²) < 4.78 is 27.1. The van der Waals surface area contributed by atoms with E-state index in [0.29, 0.717) is 5.69 Å². The van der Waals surface area contributed by atoms with E-state index >= 15 is 0 Å². The Hall–Kier alpha value is -2.34. The number of primary amides is 1. The van der Waals surface area contributed by atoms with Gasteiger partial charge in [0.25, 0.3) is 10.0 Å². The van der Waals surface area contributed by atoms with Gasteiger partial charge in [0.2, 0.25) is 5.91 Å². The molecule has 0 aromatic heterocycles. The van der Waals surface area contributed by atoms with Crippen LogP contribution in [-0.2, 0) is 16.4 Å². The highest BCUT2D eigenvalue weighted by molar-refractivity contribution is 7.92. The Morgan fingerprint density at radius 1 is 1.14 bits per heavy atom. The lowest BCUT2D eigenvalue weighted by Crippen LogP contribution is -2.15. The largest absolute Gasteiger partial charge is 0.366 e. The fourth-order valence-corrected chi connectivity index (χ4v) is 3.16. The van der Waals surface area contributed by atoms with Crippen molar-refractivity contribution in [2.45, 2.75) is 24.7 Å². The fourth-order valence-electron chi connectivity index (χ4n) is 2.06. The molecule has 0 aliphatic carbocycles. The molecular weight excluding hydrogens is 300 g/mol. The number of aryl methyl sites for hydroxylation is 1. The van der Waals surface area contributed by atoms with E-state index in [1.54, 1.807) is 12.1 Å². The number of carbonyl (C=O) groups is 1. The quantitative estimate of drug-likeness (QED) is 0.857. The van der Waals surface area contributed by atoms with E-state index in [1.807, 2.05) is 12.1 Å². The van der Waals surface area contributed by atoms with E-state index in [4.69, 9.17) is 5.73 Å². The van der Waals surface area contributed by atoms with Gasteiger partial charge in [-0.05, 0) is 42.3 Å². The van der Waals surface area contributed by atoms with E-state index < -0.39 is 15.9 Å². The van der Waals surface area contributed by atoms with Gasteiger partial charge in [0.1, 0.15) is 0 Å². The Morgan fingerprint density at radius 3 is 2.41 bits per heavy atom. The monoisotopic (exact) mass is 318 g/mol. The molecule has 0 fully saturated rings. The SMILES string of the molecule is CCCc1ccc(NS(=O)(=O)c2cccc(C(N)=O)c2)cc1. The molecule has 0 heterocycles. The topological polar surface area (TPSA) is 89.3 Å². The van der Waals surface area contributed by atoms with Gasteiger partial charge in [0.05, 0.1) is 4.90 Å². The molecule has 0 saturated heterocycles. The first-order valence-corrected chi connectivity index (χ1v) is 8.42. The van der Waals surface area contributed by atoms with Crippen LogP contribution in [0.4, 0.5) is 5.69 Å². The van der Waals surface area contributed by atoms with Crippen LogP contribution in [0, 0.1) is 0 Å². The second-order valence-electron chi connectivity index (χ2n) is 4.94. The number of hydrogen-bond acceptors (Lipinski definition) is 3. The zero-order valence-corrected chi connectivity index (χ0v) is 13.1. The van der Waals surface area contributed by atoms with Crippen molar-refractivity contribution >= 4 is 21.6 Å². The number of rotatable bonds is 6. The van der Waals surface area contributed by atoms with E-state index in [1.165, 1.54) is 24.3 Å². The van der Waals surface area contributed by atoms with Crippen LogP contribution in [0.1, 0.15) is 29.3 Å². The molecule has 0 saturated carbocycles. The summed E-state index contributed by atoms with van der Waals surface area (Å²) in [7, 11) is -3.75. The Balaban J connectivity index is 2.23. The molecular formula is C16H18N2O3S. The van der Waals surface area contributed by atoms with Crippen molar-refractivity contribution in [2.24, 2.45) is 5.73 Å². The summed E-state index contributed by atoms with van der Waals surface area (Å²) in [6, 6.07) is 12.9. The van der Waals surface area contributed by atoms with Gasteiger partial charge < -0.3 is 5.73 Å². The van der Waals surface area contributed by atoms with Crippen molar-refractivity contribution < 1.29 is 13.2 Å². The molecule has 2 aromatic rings. The van der Waals surface area contributed by atoms with Gasteiger partial charge in [-0.25, -0.2) is 8.42 Å². The summed E-state index contributed by atoms with van der Waals surface area (Å²) in [6.07, 6.45) is 1.98. The number of benzene rings is 2. The van der Waals surface area contributed by atoms with Gasteiger partial charge in [-0.3, -0.25) is 9.52 Å². The summed E-state index contributed by atoms with van der Waals surface area (Å²) >= 11 is 0. The maximum Gasteiger partial charge on any atom is 0.261 e. The zero-order chi connectivity index (χ0) is 16.2. The fraction of sp³-hybridized carbons (Fsp3) is 0.188. The summed E-state index contributed by atoms with van der Waals surface area (Å²) in [5.74, 6) is -0.666. The average Bonchev–Trinajstić information content (AvgIpc) is 2.49. The van der Waals surface area contributed by atoms with Gasteiger partial charge >= 0.3 is 0 Å². The number of nitrogens with one attached hydrogen (secondary N) is 1. The van der Waals surface area contributed by atoms with Crippen molar-refractivity contribution in [2.75, 3.05) is 4.72 Å². The van der Waals surface area contributed by atoms with Crippen molar-refractivity contribution in [1.82, 2.24) is 0 Å². The van der Waals surface area contributed by atoms with Gasteiger partial charge in [-0.2, -0.15) is 0 Å². The molecule has 0 unspecified atom stereocenters. The summed E-state index contributed by atoms with van der Waals surface area (Å²) in [4.78, 5) is 11.1. The predicted molar refractivity (Wildman–Crippen MR) is 86.2 cm³/mol. The van der Waals surface area contributed by atoms with Gasteiger partial charge in [0, 0.05) is 11.3 Å². The number of amides is 1. The van der Waals surface area contributed by atoms with Crippen LogP contribution in [0.15, 0.2) is 53.4 Å². The maximum absolute atomic E-state index is 12.3. The number of hydrogen-bond donors (Lipinski definition) is 2. The summed E-state index contributed by atoms with van der Waals surface area (Å²) in [5.41, 5.74) is 6.95. The normalized spacial score (nSPS) is 11.1. The highest BCUT2D eigenvalue weighted by Gasteiger charge is 2.15. The van der Waals surface area contributed by atoms with Crippen LogP contribution < -0.4 is 10.5 Å². The van der Waals surface area contributed by atoms with Crippen molar-refractivity contribution in [3.05, 3.63) is 59.7 Å². The minimum Gasteiger partial charge on any atom is -0.366 e. The highest BCUT2D eigenvalue weighted by Crippen LogP contribution is 2.18. The molecule has 6 heteroatoms. The second-order valence-corrected chi connectivity index (χ2v) is 6.63. The van der Waals surface area contributed by atoms with E-state index in [2.05, 4.69) is 11.6 Å². The summed E-state index contributed by atoms with van der Waals surface area (Å²) in [5, 5.41) is 0. The van der Waals surface area contributed by atoms with Crippen LogP contribution in [0.25, 0.3) is 0 Å². The minimum absolute atomic E-state index is 0.00133. The molecule has 0 radical (unpaired) electrons. The van der Waals surface area contributed by atoms with Crippen LogP contribution in [-0.4, -0.2) is 14.3 Å². The molecule has 2 rings (SSSR count). The molecule has 0 bridgehead atoms. The predicted octanol–water partition coefficient (Wildman–Crippen LogP) is 2.54. The van der Waals surface area contributed by atoms with Crippen LogP contribution in [0.2, 0.25) is 0 Å². The lowest BCUT2D eigenvalue weighted by molar-refractivity contribution is 0.1000. The van der Waals surface area contributed by atoms with E-state index in [0.717, 1.165) is 18.4 Å². The average molecular weight is 318 g/mol. The Bertz CT molecular complexity index is 768. The molecule has 0 aliphatic rings. The molecule has 0 atom stereocenters. The Labute approximate surface area is 130 Å².